The number of nitrogens with one attached hydrogen (secondary N) is 1. The molecular formula is C15H11F4NO. The quantitative estimate of drug-likeness (QED) is 0.873. The van der Waals surface area contributed by atoms with Gasteiger partial charge in [0.2, 0.25) is 0 Å². The molecule has 0 amide bonds. The van der Waals surface area contributed by atoms with E-state index in [1.54, 1.807) is 0 Å². The van der Waals surface area contributed by atoms with E-state index in [1.165, 1.54) is 18.2 Å². The summed E-state index contributed by atoms with van der Waals surface area (Å²) in [5.41, 5.74) is 0.309. The lowest BCUT2D eigenvalue weighted by Gasteiger charge is -2.14. The summed E-state index contributed by atoms with van der Waals surface area (Å²) in [6, 6.07) is 5.38. The van der Waals surface area contributed by atoms with Gasteiger partial charge in [0.05, 0.1) is 6.54 Å². The molecule has 2 aromatic carbocycles. The van der Waals surface area contributed by atoms with Gasteiger partial charge in [-0.05, 0) is 18.2 Å². The second kappa shape index (κ2) is 5.27. The Hall–Kier alpha value is -2.24. The fourth-order valence-electron chi connectivity index (χ4n) is 2.33. The van der Waals surface area contributed by atoms with E-state index in [0.29, 0.717) is 29.9 Å². The minimum atomic E-state index is -1.01. The molecule has 1 unspecified atom stereocenters. The Bertz CT molecular complexity index is 666. The maximum Gasteiger partial charge on any atom is 0.152 e. The van der Waals surface area contributed by atoms with Crippen molar-refractivity contribution in [2.75, 3.05) is 11.9 Å². The maximum absolute atomic E-state index is 13.5. The molecular weight excluding hydrogens is 286 g/mol. The number of halogens is 4. The molecule has 1 heterocycles. The van der Waals surface area contributed by atoms with Gasteiger partial charge in [-0.15, -0.1) is 0 Å². The fraction of sp³-hybridized carbons (Fsp3) is 0.200. The van der Waals surface area contributed by atoms with Crippen molar-refractivity contribution in [1.29, 1.82) is 0 Å². The van der Waals surface area contributed by atoms with Crippen molar-refractivity contribution in [2.45, 2.75) is 12.5 Å². The molecule has 0 spiro atoms. The van der Waals surface area contributed by atoms with E-state index in [9.17, 15) is 17.6 Å². The molecule has 0 radical (unpaired) electrons. The summed E-state index contributed by atoms with van der Waals surface area (Å²) in [7, 11) is 0. The molecule has 0 aromatic heterocycles. The lowest BCUT2D eigenvalue weighted by atomic mass is 10.1. The van der Waals surface area contributed by atoms with Crippen LogP contribution in [0.15, 0.2) is 30.3 Å². The molecule has 0 saturated carbocycles. The van der Waals surface area contributed by atoms with Gasteiger partial charge in [-0.2, -0.15) is 0 Å². The minimum Gasteiger partial charge on any atom is -0.488 e. The first-order chi connectivity index (χ1) is 10.0. The summed E-state index contributed by atoms with van der Waals surface area (Å²) in [4.78, 5) is 0. The van der Waals surface area contributed by atoms with Crippen molar-refractivity contribution in [3.05, 3.63) is 59.2 Å². The third-order valence-electron chi connectivity index (χ3n) is 3.28. The Balaban J connectivity index is 1.68. The zero-order chi connectivity index (χ0) is 15.0. The Morgan fingerprint density at radius 2 is 1.71 bits per heavy atom. The predicted octanol–water partition coefficient (Wildman–Crippen LogP) is 3.66. The monoisotopic (exact) mass is 297 g/mol. The van der Waals surface area contributed by atoms with Gasteiger partial charge in [-0.25, -0.2) is 17.6 Å². The highest BCUT2D eigenvalue weighted by Gasteiger charge is 2.24. The Kier molecular flexibility index (Phi) is 3.45. The lowest BCUT2D eigenvalue weighted by Crippen LogP contribution is -2.24. The topological polar surface area (TPSA) is 21.3 Å². The van der Waals surface area contributed by atoms with Crippen LogP contribution in [0.2, 0.25) is 0 Å². The Morgan fingerprint density at radius 1 is 1.00 bits per heavy atom. The highest BCUT2D eigenvalue weighted by molar-refractivity contribution is 5.47. The summed E-state index contributed by atoms with van der Waals surface area (Å²) in [6.45, 7) is 0.121. The predicted molar refractivity (Wildman–Crippen MR) is 69.3 cm³/mol. The van der Waals surface area contributed by atoms with E-state index in [1.807, 2.05) is 0 Å². The van der Waals surface area contributed by atoms with Crippen molar-refractivity contribution >= 4 is 5.69 Å². The average molecular weight is 297 g/mol. The normalized spacial score (nSPS) is 16.5. The number of rotatable bonds is 3. The zero-order valence-corrected chi connectivity index (χ0v) is 10.8. The maximum atomic E-state index is 13.5. The average Bonchev–Trinajstić information content (AvgIpc) is 2.79. The smallest absolute Gasteiger partial charge is 0.152 e. The van der Waals surface area contributed by atoms with Crippen LogP contribution in [0.4, 0.5) is 23.2 Å². The van der Waals surface area contributed by atoms with Gasteiger partial charge in [0, 0.05) is 24.1 Å². The van der Waals surface area contributed by atoms with Crippen LogP contribution < -0.4 is 10.1 Å². The number of fused-ring (bicyclic) bond motifs is 1. The molecule has 1 aliphatic heterocycles. The number of anilines is 1. The van der Waals surface area contributed by atoms with Crippen LogP contribution in [0, 0.1) is 23.3 Å². The van der Waals surface area contributed by atoms with E-state index >= 15 is 0 Å². The van der Waals surface area contributed by atoms with Gasteiger partial charge in [-0.3, -0.25) is 0 Å². The van der Waals surface area contributed by atoms with Crippen LogP contribution in [0.5, 0.6) is 5.75 Å². The van der Waals surface area contributed by atoms with Crippen LogP contribution in [0.3, 0.4) is 0 Å². The number of ether oxygens (including phenoxy) is 1. The molecule has 1 atom stereocenters. The molecule has 3 rings (SSSR count). The van der Waals surface area contributed by atoms with Crippen molar-refractivity contribution in [2.24, 2.45) is 0 Å². The van der Waals surface area contributed by atoms with E-state index < -0.39 is 23.1 Å². The van der Waals surface area contributed by atoms with Crippen molar-refractivity contribution in [3.8, 4) is 5.75 Å². The molecule has 110 valence electrons. The molecule has 0 bridgehead atoms. The largest absolute Gasteiger partial charge is 0.488 e. The van der Waals surface area contributed by atoms with Gasteiger partial charge >= 0.3 is 0 Å². The molecule has 0 saturated heterocycles. The first-order valence-corrected chi connectivity index (χ1v) is 6.36. The van der Waals surface area contributed by atoms with E-state index in [0.717, 1.165) is 0 Å². The highest BCUT2D eigenvalue weighted by atomic mass is 19.1. The SMILES string of the molecule is Fc1cc(F)c(NCC2Cc3cc(F)ccc3O2)c(F)c1. The van der Waals surface area contributed by atoms with Crippen LogP contribution in [0.1, 0.15) is 5.56 Å². The summed E-state index contributed by atoms with van der Waals surface area (Å²) >= 11 is 0. The Morgan fingerprint density at radius 3 is 2.43 bits per heavy atom. The zero-order valence-electron chi connectivity index (χ0n) is 10.8. The van der Waals surface area contributed by atoms with Crippen molar-refractivity contribution < 1.29 is 22.3 Å². The number of benzene rings is 2. The summed E-state index contributed by atoms with van der Waals surface area (Å²) in [5, 5.41) is 2.56. The van der Waals surface area contributed by atoms with Gasteiger partial charge < -0.3 is 10.1 Å². The second-order valence-corrected chi connectivity index (χ2v) is 4.82. The first-order valence-electron chi connectivity index (χ1n) is 6.36. The number of hydrogen-bond acceptors (Lipinski definition) is 2. The lowest BCUT2D eigenvalue weighted by molar-refractivity contribution is 0.246. The van der Waals surface area contributed by atoms with Crippen LogP contribution in [-0.2, 0) is 6.42 Å². The van der Waals surface area contributed by atoms with Gasteiger partial charge in [0.15, 0.2) is 11.6 Å². The van der Waals surface area contributed by atoms with Crippen LogP contribution >= 0.6 is 0 Å². The van der Waals surface area contributed by atoms with E-state index in [4.69, 9.17) is 4.74 Å². The third-order valence-corrected chi connectivity index (χ3v) is 3.28. The van der Waals surface area contributed by atoms with Gasteiger partial charge in [-0.1, -0.05) is 0 Å². The summed E-state index contributed by atoms with van der Waals surface area (Å²) < 4.78 is 58.4. The Labute approximate surface area is 118 Å². The second-order valence-electron chi connectivity index (χ2n) is 4.82. The van der Waals surface area contributed by atoms with Gasteiger partial charge in [0.1, 0.15) is 29.2 Å². The van der Waals surface area contributed by atoms with Gasteiger partial charge in [0.25, 0.3) is 0 Å². The molecule has 0 fully saturated rings. The molecule has 0 aliphatic carbocycles. The van der Waals surface area contributed by atoms with Crippen molar-refractivity contribution in [3.63, 3.8) is 0 Å². The summed E-state index contributed by atoms with van der Waals surface area (Å²) in [5.74, 6) is -2.79. The third kappa shape index (κ3) is 2.79. The highest BCUT2D eigenvalue weighted by Crippen LogP contribution is 2.29. The molecule has 1 aliphatic rings. The molecule has 1 N–H and O–H groups in total. The van der Waals surface area contributed by atoms with E-state index in [-0.39, 0.29) is 18.5 Å². The first kappa shape index (κ1) is 13.7. The minimum absolute atomic E-state index is 0.121. The van der Waals surface area contributed by atoms with E-state index in [2.05, 4.69) is 5.32 Å². The standard InChI is InChI=1S/C15H11F4NO/c16-9-1-2-14-8(3-9)4-11(21-14)7-20-15-12(18)5-10(17)6-13(15)19/h1-3,5-6,11,20H,4,7H2. The van der Waals surface area contributed by atoms with Crippen molar-refractivity contribution in [1.82, 2.24) is 0 Å². The van der Waals surface area contributed by atoms with Crippen LogP contribution in [0.25, 0.3) is 0 Å². The van der Waals surface area contributed by atoms with Crippen LogP contribution in [-0.4, -0.2) is 12.6 Å². The summed E-state index contributed by atoms with van der Waals surface area (Å²) in [6.07, 6.45) is 0.0653. The molecule has 21 heavy (non-hydrogen) atoms. The molecule has 2 nitrogen and oxygen atoms in total. The molecule has 6 heteroatoms. The fourth-order valence-corrected chi connectivity index (χ4v) is 2.33. The number of hydrogen-bond donors (Lipinski definition) is 1. The molecule has 2 aromatic rings.